The number of ether oxygens (including phenoxy) is 1. The minimum atomic E-state index is -0.911. The summed E-state index contributed by atoms with van der Waals surface area (Å²) in [5.74, 6) is -2.21. The number of benzene rings is 1. The Morgan fingerprint density at radius 3 is 2.65 bits per heavy atom. The Balaban J connectivity index is 1.56. The largest absolute Gasteiger partial charge is 0.462 e. The second-order valence-corrected chi connectivity index (χ2v) is 8.86. The maximum Gasteiger partial charge on any atom is 0.342 e. The van der Waals surface area contributed by atoms with Crippen molar-refractivity contribution in [2.75, 3.05) is 17.7 Å². The average Bonchev–Trinajstić information content (AvgIpc) is 3.39. The molecule has 9 nitrogen and oxygen atoms in total. The Morgan fingerprint density at radius 2 is 1.94 bits per heavy atom. The number of aryl methyl sites for hydroxylation is 1. The molecule has 34 heavy (non-hydrogen) atoms. The molecule has 0 unspecified atom stereocenters. The van der Waals surface area contributed by atoms with Crippen LogP contribution in [0, 0.1) is 6.92 Å². The lowest BCUT2D eigenvalue weighted by atomic mass is 10.1. The first-order valence-electron chi connectivity index (χ1n) is 10.2. The van der Waals surface area contributed by atoms with Crippen LogP contribution in [0.3, 0.4) is 0 Å². The summed E-state index contributed by atoms with van der Waals surface area (Å²) < 4.78 is 10.4. The third-order valence-corrected chi connectivity index (χ3v) is 6.70. The van der Waals surface area contributed by atoms with Gasteiger partial charge in [-0.3, -0.25) is 14.9 Å². The lowest BCUT2D eigenvalue weighted by Crippen LogP contribution is -2.21. The predicted molar refractivity (Wildman–Crippen MR) is 130 cm³/mol. The third-order valence-electron chi connectivity index (χ3n) is 4.82. The summed E-state index contributed by atoms with van der Waals surface area (Å²) >= 11 is 2.73. The molecule has 0 spiro atoms. The Labute approximate surface area is 202 Å². The van der Waals surface area contributed by atoms with Crippen molar-refractivity contribution < 1.29 is 23.5 Å². The first-order valence-corrected chi connectivity index (χ1v) is 12.1. The highest BCUT2D eigenvalue weighted by molar-refractivity contribution is 8.00. The molecule has 0 radical (unpaired) electrons. The fourth-order valence-corrected chi connectivity index (χ4v) is 5.19. The number of hydrogen-bond acceptors (Lipinski definition) is 9. The molecular weight excluding hydrogens is 476 g/mol. The topological polar surface area (TPSA) is 137 Å². The van der Waals surface area contributed by atoms with Gasteiger partial charge >= 0.3 is 5.97 Å². The van der Waals surface area contributed by atoms with E-state index in [1.54, 1.807) is 6.92 Å². The molecule has 0 bridgehead atoms. The lowest BCUT2D eigenvalue weighted by Gasteiger charge is -2.06. The van der Waals surface area contributed by atoms with Crippen molar-refractivity contribution in [2.24, 2.45) is 5.73 Å². The molecule has 0 fully saturated rings. The summed E-state index contributed by atoms with van der Waals surface area (Å²) in [7, 11) is 0. The number of rotatable bonds is 8. The minimum Gasteiger partial charge on any atom is -0.462 e. The molecule has 4 rings (SSSR count). The van der Waals surface area contributed by atoms with Gasteiger partial charge in [0.2, 0.25) is 11.8 Å². The molecule has 1 aromatic carbocycles. The summed E-state index contributed by atoms with van der Waals surface area (Å²) in [5.41, 5.74) is 7.14. The van der Waals surface area contributed by atoms with Gasteiger partial charge in [-0.25, -0.2) is 14.8 Å². The number of nitrogens with two attached hydrogens (primary N) is 1. The molecular formula is C23H20N4O5S2. The zero-order valence-corrected chi connectivity index (χ0v) is 19.9. The van der Waals surface area contributed by atoms with Crippen molar-refractivity contribution in [1.82, 2.24) is 9.97 Å². The monoisotopic (exact) mass is 496 g/mol. The van der Waals surface area contributed by atoms with Crippen LogP contribution in [-0.4, -0.2) is 40.1 Å². The van der Waals surface area contributed by atoms with Gasteiger partial charge < -0.3 is 14.9 Å². The number of thiophene rings is 1. The molecule has 3 heterocycles. The number of amides is 2. The zero-order chi connectivity index (χ0) is 24.2. The molecule has 0 saturated carbocycles. The first-order chi connectivity index (χ1) is 16.4. The maximum absolute atomic E-state index is 12.7. The fourth-order valence-electron chi connectivity index (χ4n) is 3.40. The van der Waals surface area contributed by atoms with Crippen molar-refractivity contribution >= 4 is 57.0 Å². The van der Waals surface area contributed by atoms with E-state index in [0.29, 0.717) is 5.03 Å². The van der Waals surface area contributed by atoms with Gasteiger partial charge in [-0.2, -0.15) is 0 Å². The molecule has 0 aliphatic carbocycles. The van der Waals surface area contributed by atoms with E-state index in [2.05, 4.69) is 15.3 Å². The third kappa shape index (κ3) is 4.66. The Kier molecular flexibility index (Phi) is 6.94. The van der Waals surface area contributed by atoms with Gasteiger partial charge in [0, 0.05) is 10.9 Å². The number of anilines is 1. The number of primary amides is 1. The Hall–Kier alpha value is -3.70. The molecule has 11 heteroatoms. The number of thioether (sulfide) groups is 1. The number of furan rings is 1. The number of carbonyl (C=O) groups is 3. The summed E-state index contributed by atoms with van der Waals surface area (Å²) in [5, 5.41) is 6.07. The minimum absolute atomic E-state index is 0.0249. The van der Waals surface area contributed by atoms with Crippen LogP contribution in [-0.2, 0) is 9.53 Å². The van der Waals surface area contributed by atoms with Crippen molar-refractivity contribution in [1.29, 1.82) is 0 Å². The van der Waals surface area contributed by atoms with Gasteiger partial charge in [-0.1, -0.05) is 42.1 Å². The van der Waals surface area contributed by atoms with Crippen LogP contribution >= 0.6 is 23.1 Å². The fraction of sp³-hybridized carbons (Fsp3) is 0.174. The van der Waals surface area contributed by atoms with Gasteiger partial charge in [-0.15, -0.1) is 11.3 Å². The van der Waals surface area contributed by atoms with Gasteiger partial charge in [0.25, 0.3) is 5.91 Å². The molecule has 3 aromatic heterocycles. The normalized spacial score (nSPS) is 10.9. The van der Waals surface area contributed by atoms with E-state index in [4.69, 9.17) is 14.9 Å². The molecule has 0 aliphatic rings. The van der Waals surface area contributed by atoms with Crippen molar-refractivity contribution in [3.05, 3.63) is 58.9 Å². The Bertz CT molecular complexity index is 1380. The SMILES string of the molecule is CCOC(=O)c1c(C)oc(NC(=O)CSc2ncnc3scc(-c4ccccc4)c23)c1C(N)=O. The highest BCUT2D eigenvalue weighted by atomic mass is 32.2. The second kappa shape index (κ2) is 10.1. The van der Waals surface area contributed by atoms with Crippen LogP contribution in [0.2, 0.25) is 0 Å². The molecule has 4 aromatic rings. The average molecular weight is 497 g/mol. The number of fused-ring (bicyclic) bond motifs is 1. The van der Waals surface area contributed by atoms with E-state index in [0.717, 1.165) is 21.3 Å². The van der Waals surface area contributed by atoms with E-state index in [1.165, 1.54) is 36.3 Å². The number of esters is 1. The van der Waals surface area contributed by atoms with Crippen molar-refractivity contribution in [3.8, 4) is 11.1 Å². The summed E-state index contributed by atoms with van der Waals surface area (Å²) in [6, 6.07) is 9.85. The standard InChI is InChI=1S/C23H20N4O5S2/c1-3-31-23(30)16-12(2)32-20(18(16)19(24)29)27-15(28)10-34-22-17-14(13-7-5-4-6-8-13)9-33-21(17)25-11-26-22/h4-9,11H,3,10H2,1-2H3,(H2,24,29)(H,27,28). The van der Waals surface area contributed by atoms with E-state index < -0.39 is 17.8 Å². The quantitative estimate of drug-likeness (QED) is 0.210. The number of nitrogens with zero attached hydrogens (tertiary/aromatic N) is 2. The van der Waals surface area contributed by atoms with Crippen molar-refractivity contribution in [2.45, 2.75) is 18.9 Å². The molecule has 0 aliphatic heterocycles. The highest BCUT2D eigenvalue weighted by Gasteiger charge is 2.29. The van der Waals surface area contributed by atoms with Gasteiger partial charge in [0.15, 0.2) is 0 Å². The molecule has 3 N–H and O–H groups in total. The van der Waals surface area contributed by atoms with Gasteiger partial charge in [0.1, 0.15) is 33.1 Å². The molecule has 0 atom stereocenters. The van der Waals surface area contributed by atoms with E-state index in [9.17, 15) is 14.4 Å². The zero-order valence-electron chi connectivity index (χ0n) is 18.3. The van der Waals surface area contributed by atoms with Crippen LogP contribution in [0.4, 0.5) is 5.88 Å². The summed E-state index contributed by atoms with van der Waals surface area (Å²) in [6.07, 6.45) is 1.46. The molecule has 2 amide bonds. The summed E-state index contributed by atoms with van der Waals surface area (Å²) in [6.45, 7) is 3.24. The second-order valence-electron chi connectivity index (χ2n) is 7.03. The van der Waals surface area contributed by atoms with Gasteiger partial charge in [0.05, 0.1) is 17.7 Å². The molecule has 0 saturated heterocycles. The lowest BCUT2D eigenvalue weighted by molar-refractivity contribution is -0.113. The van der Waals surface area contributed by atoms with E-state index in [1.807, 2.05) is 35.7 Å². The smallest absolute Gasteiger partial charge is 0.342 e. The van der Waals surface area contributed by atoms with E-state index in [-0.39, 0.29) is 35.1 Å². The Morgan fingerprint density at radius 1 is 1.18 bits per heavy atom. The number of hydrogen-bond donors (Lipinski definition) is 2. The van der Waals surface area contributed by atoms with Gasteiger partial charge in [-0.05, 0) is 19.4 Å². The number of carbonyl (C=O) groups excluding carboxylic acids is 3. The van der Waals surface area contributed by atoms with Crippen LogP contribution in [0.5, 0.6) is 0 Å². The van der Waals surface area contributed by atoms with Crippen LogP contribution in [0.15, 0.2) is 51.5 Å². The first kappa shape index (κ1) is 23.5. The van der Waals surface area contributed by atoms with Crippen LogP contribution in [0.1, 0.15) is 33.4 Å². The van der Waals surface area contributed by atoms with Crippen LogP contribution < -0.4 is 11.1 Å². The number of aromatic nitrogens is 2. The van der Waals surface area contributed by atoms with E-state index >= 15 is 0 Å². The predicted octanol–water partition coefficient (Wildman–Crippen LogP) is 4.27. The number of nitrogens with one attached hydrogen (secondary N) is 1. The summed E-state index contributed by atoms with van der Waals surface area (Å²) in [4.78, 5) is 46.5. The van der Waals surface area contributed by atoms with Crippen molar-refractivity contribution in [3.63, 3.8) is 0 Å². The highest BCUT2D eigenvalue weighted by Crippen LogP contribution is 2.37. The molecule has 174 valence electrons. The maximum atomic E-state index is 12.7. The van der Waals surface area contributed by atoms with Crippen LogP contribution in [0.25, 0.3) is 21.3 Å².